The van der Waals surface area contributed by atoms with Crippen LogP contribution in [0.1, 0.15) is 25.3 Å². The van der Waals surface area contributed by atoms with Crippen molar-refractivity contribution >= 4 is 17.8 Å². The highest BCUT2D eigenvalue weighted by Gasteiger charge is 2.66. The molecule has 30 heavy (non-hydrogen) atoms. The normalized spacial score (nSPS) is 27.2. The van der Waals surface area contributed by atoms with Gasteiger partial charge in [0.2, 0.25) is 11.8 Å². The molecule has 2 amide bonds. The summed E-state index contributed by atoms with van der Waals surface area (Å²) in [5, 5.41) is 10.2. The highest BCUT2D eigenvalue weighted by atomic mass is 19.1. The number of hydrogen-bond acceptors (Lipinski definition) is 6. The molecule has 0 aliphatic carbocycles. The molecule has 0 saturated carbocycles. The summed E-state index contributed by atoms with van der Waals surface area (Å²) in [4.78, 5) is 38.8. The zero-order valence-electron chi connectivity index (χ0n) is 16.4. The van der Waals surface area contributed by atoms with Crippen molar-refractivity contribution in [3.8, 4) is 6.07 Å². The quantitative estimate of drug-likeness (QED) is 0.687. The van der Waals surface area contributed by atoms with E-state index in [1.54, 1.807) is 13.8 Å². The van der Waals surface area contributed by atoms with E-state index >= 15 is 0 Å². The van der Waals surface area contributed by atoms with Crippen LogP contribution in [0.5, 0.6) is 0 Å². The molecule has 0 bridgehead atoms. The minimum absolute atomic E-state index is 0.0846. The Kier molecular flexibility index (Phi) is 5.35. The van der Waals surface area contributed by atoms with Crippen LogP contribution >= 0.6 is 0 Å². The Bertz CT molecular complexity index is 995. The van der Waals surface area contributed by atoms with Gasteiger partial charge in [0.15, 0.2) is 5.41 Å². The number of amides is 2. The van der Waals surface area contributed by atoms with E-state index in [0.717, 1.165) is 0 Å². The Labute approximate surface area is 172 Å². The minimum Gasteiger partial charge on any atom is -0.462 e. The summed E-state index contributed by atoms with van der Waals surface area (Å²) in [6.07, 6.45) is 3.65. The first-order valence-electron chi connectivity index (χ1n) is 9.27. The van der Waals surface area contributed by atoms with Gasteiger partial charge in [-0.05, 0) is 37.6 Å². The number of primary amides is 2. The Hall–Kier alpha value is -3.67. The van der Waals surface area contributed by atoms with Gasteiger partial charge in [0.1, 0.15) is 11.9 Å². The van der Waals surface area contributed by atoms with Crippen LogP contribution < -0.4 is 11.5 Å². The fraction of sp³-hybridized carbons (Fsp3) is 0.333. The van der Waals surface area contributed by atoms with Gasteiger partial charge in [-0.3, -0.25) is 14.4 Å². The molecule has 1 aromatic rings. The average molecular weight is 412 g/mol. The van der Waals surface area contributed by atoms with Gasteiger partial charge in [-0.2, -0.15) is 5.26 Å². The number of nitrogens with two attached hydrogens (primary N) is 2. The van der Waals surface area contributed by atoms with Crippen LogP contribution in [0.4, 0.5) is 4.39 Å². The molecule has 1 aromatic carbocycles. The van der Waals surface area contributed by atoms with Gasteiger partial charge < -0.3 is 21.1 Å². The molecule has 2 aliphatic heterocycles. The molecule has 4 N–H and O–H groups in total. The number of ether oxygens (including phenoxy) is 1. The second kappa shape index (κ2) is 7.63. The summed E-state index contributed by atoms with van der Waals surface area (Å²) >= 11 is 0. The van der Waals surface area contributed by atoms with E-state index in [1.165, 1.54) is 47.5 Å². The van der Waals surface area contributed by atoms with Crippen LogP contribution in [0, 0.1) is 22.6 Å². The number of rotatable bonds is 5. The number of carbonyl (C=O) groups is 3. The number of carbonyl (C=O) groups excluding carboxylic acids is 3. The SMILES string of the molecule is CC(C)OC(=O)[C@]1(C#N)[C@@H]2C=CC(C(N)=O)=CN2[C@@H](C(N)=O)[C@@H]1c1ccc(F)cc1. The number of hydrogen-bond donors (Lipinski definition) is 2. The van der Waals surface area contributed by atoms with Crippen LogP contribution in [-0.2, 0) is 19.1 Å². The highest BCUT2D eigenvalue weighted by molar-refractivity contribution is 5.96. The molecule has 1 saturated heterocycles. The molecule has 8 nitrogen and oxygen atoms in total. The summed E-state index contributed by atoms with van der Waals surface area (Å²) < 4.78 is 18.9. The molecule has 2 aliphatic rings. The number of nitrogens with zero attached hydrogens (tertiary/aromatic N) is 2. The van der Waals surface area contributed by atoms with Gasteiger partial charge in [0.05, 0.1) is 23.8 Å². The maximum absolute atomic E-state index is 13.5. The smallest absolute Gasteiger partial charge is 0.329 e. The van der Waals surface area contributed by atoms with Crippen molar-refractivity contribution in [2.45, 2.75) is 38.0 Å². The van der Waals surface area contributed by atoms with Gasteiger partial charge in [-0.25, -0.2) is 4.39 Å². The van der Waals surface area contributed by atoms with Crippen LogP contribution in [0.2, 0.25) is 0 Å². The third-order valence-corrected chi connectivity index (χ3v) is 5.33. The van der Waals surface area contributed by atoms with Gasteiger partial charge in [-0.15, -0.1) is 0 Å². The molecule has 0 aromatic heterocycles. The molecule has 156 valence electrons. The zero-order valence-corrected chi connectivity index (χ0v) is 16.4. The Morgan fingerprint density at radius 1 is 1.23 bits per heavy atom. The van der Waals surface area contributed by atoms with E-state index in [4.69, 9.17) is 16.2 Å². The van der Waals surface area contributed by atoms with Crippen molar-refractivity contribution in [1.29, 1.82) is 5.26 Å². The lowest BCUT2D eigenvalue weighted by Crippen LogP contribution is -2.46. The Morgan fingerprint density at radius 2 is 1.87 bits per heavy atom. The third kappa shape index (κ3) is 3.20. The number of esters is 1. The topological polar surface area (TPSA) is 140 Å². The van der Waals surface area contributed by atoms with Gasteiger partial charge in [0.25, 0.3) is 0 Å². The van der Waals surface area contributed by atoms with E-state index in [-0.39, 0.29) is 5.57 Å². The number of fused-ring (bicyclic) bond motifs is 1. The van der Waals surface area contributed by atoms with E-state index in [1.807, 2.05) is 0 Å². The van der Waals surface area contributed by atoms with Crippen molar-refractivity contribution < 1.29 is 23.5 Å². The van der Waals surface area contributed by atoms with E-state index in [2.05, 4.69) is 6.07 Å². The summed E-state index contributed by atoms with van der Waals surface area (Å²) in [6.45, 7) is 3.27. The van der Waals surface area contributed by atoms with Crippen LogP contribution in [-0.4, -0.2) is 40.9 Å². The predicted octanol–water partition coefficient (Wildman–Crippen LogP) is 0.848. The minimum atomic E-state index is -1.88. The predicted molar refractivity (Wildman–Crippen MR) is 103 cm³/mol. The Balaban J connectivity index is 2.28. The monoisotopic (exact) mass is 412 g/mol. The molecule has 3 rings (SSSR count). The molecule has 1 fully saturated rings. The van der Waals surface area contributed by atoms with Crippen LogP contribution in [0.25, 0.3) is 0 Å². The van der Waals surface area contributed by atoms with Crippen LogP contribution in [0.15, 0.2) is 48.2 Å². The molecule has 0 spiro atoms. The number of halogens is 1. The zero-order chi connectivity index (χ0) is 22.2. The lowest BCUT2D eigenvalue weighted by molar-refractivity contribution is -0.157. The molecule has 0 radical (unpaired) electrons. The molecular formula is C21H21FN4O4. The first-order chi connectivity index (χ1) is 14.1. The summed E-state index contributed by atoms with van der Waals surface area (Å²) in [5.41, 5.74) is 9.60. The van der Waals surface area contributed by atoms with Crippen molar-refractivity contribution in [1.82, 2.24) is 4.90 Å². The van der Waals surface area contributed by atoms with E-state index in [0.29, 0.717) is 5.56 Å². The maximum Gasteiger partial charge on any atom is 0.329 e. The maximum atomic E-state index is 13.5. The summed E-state index contributed by atoms with van der Waals surface area (Å²) in [5.74, 6) is -4.00. The second-order valence-corrected chi connectivity index (χ2v) is 7.51. The molecule has 2 heterocycles. The van der Waals surface area contributed by atoms with E-state index < -0.39 is 53.1 Å². The van der Waals surface area contributed by atoms with Crippen molar-refractivity contribution in [2.24, 2.45) is 16.9 Å². The largest absolute Gasteiger partial charge is 0.462 e. The van der Waals surface area contributed by atoms with Gasteiger partial charge in [-0.1, -0.05) is 18.2 Å². The van der Waals surface area contributed by atoms with Crippen molar-refractivity contribution in [3.63, 3.8) is 0 Å². The van der Waals surface area contributed by atoms with Gasteiger partial charge >= 0.3 is 5.97 Å². The third-order valence-electron chi connectivity index (χ3n) is 5.33. The summed E-state index contributed by atoms with van der Waals surface area (Å²) in [7, 11) is 0. The number of nitriles is 1. The van der Waals surface area contributed by atoms with Crippen molar-refractivity contribution in [3.05, 3.63) is 59.6 Å². The fourth-order valence-electron chi connectivity index (χ4n) is 4.14. The number of benzene rings is 1. The Morgan fingerprint density at radius 3 is 2.37 bits per heavy atom. The van der Waals surface area contributed by atoms with Crippen molar-refractivity contribution in [2.75, 3.05) is 0 Å². The lowest BCUT2D eigenvalue weighted by Gasteiger charge is -2.33. The average Bonchev–Trinajstić information content (AvgIpc) is 2.98. The lowest BCUT2D eigenvalue weighted by atomic mass is 9.68. The highest BCUT2D eigenvalue weighted by Crippen LogP contribution is 2.53. The second-order valence-electron chi connectivity index (χ2n) is 7.51. The van der Waals surface area contributed by atoms with E-state index in [9.17, 15) is 24.0 Å². The van der Waals surface area contributed by atoms with Gasteiger partial charge in [0, 0.05) is 12.1 Å². The molecule has 9 heteroatoms. The molecule has 0 unspecified atom stereocenters. The fourth-order valence-corrected chi connectivity index (χ4v) is 4.14. The summed E-state index contributed by atoms with van der Waals surface area (Å²) in [6, 6.07) is 5.05. The molecule has 4 atom stereocenters. The van der Waals surface area contributed by atoms with Crippen LogP contribution in [0.3, 0.4) is 0 Å². The first-order valence-corrected chi connectivity index (χ1v) is 9.27. The first kappa shape index (κ1) is 21.0. The molecular weight excluding hydrogens is 391 g/mol. The standard InChI is InChI=1S/C21H21FN4O4/c1-11(2)30-20(29)21(10-23)15-8-5-13(18(24)27)9-26(15)17(19(25)28)16(21)12-3-6-14(22)7-4-12/h3-9,11,15-17H,1-2H3,(H2,24,27)(H2,25,28)/t15-,16-,17+,21+/m0/s1.